The van der Waals surface area contributed by atoms with Gasteiger partial charge < -0.3 is 0 Å². The molecule has 2 rings (SSSR count). The van der Waals surface area contributed by atoms with Crippen molar-refractivity contribution in [1.29, 1.82) is 0 Å². The van der Waals surface area contributed by atoms with Crippen LogP contribution in [-0.2, 0) is 5.54 Å². The van der Waals surface area contributed by atoms with E-state index >= 15 is 0 Å². The molecule has 1 aromatic carbocycles. The van der Waals surface area contributed by atoms with Crippen LogP contribution in [0.25, 0.3) is 11.4 Å². The van der Waals surface area contributed by atoms with Gasteiger partial charge in [-0.1, -0.05) is 24.3 Å². The van der Waals surface area contributed by atoms with Gasteiger partial charge in [0.25, 0.3) is 0 Å². The van der Waals surface area contributed by atoms with Crippen molar-refractivity contribution in [1.82, 2.24) is 20.2 Å². The summed E-state index contributed by atoms with van der Waals surface area (Å²) in [5.74, 6) is 0.711. The Morgan fingerprint density at radius 2 is 1.94 bits per heavy atom. The number of hydrogen-bond donors (Lipinski definition) is 0. The van der Waals surface area contributed by atoms with E-state index in [0.29, 0.717) is 5.82 Å². The van der Waals surface area contributed by atoms with Crippen molar-refractivity contribution >= 4 is 34.8 Å². The van der Waals surface area contributed by atoms with Crippen LogP contribution in [0.5, 0.6) is 0 Å². The molecule has 0 bridgehead atoms. The number of benzene rings is 1. The summed E-state index contributed by atoms with van der Waals surface area (Å²) in [6.07, 6.45) is 0. The van der Waals surface area contributed by atoms with E-state index < -0.39 is 18.2 Å². The number of nitrogens with zero attached hydrogens (tertiary/aromatic N) is 4. The average Bonchev–Trinajstić information content (AvgIpc) is 2.77. The fraction of sp³-hybridized carbons (Fsp3) is 0.364. The van der Waals surface area contributed by atoms with Gasteiger partial charge in [-0.05, 0) is 31.5 Å². The molecule has 0 aliphatic rings. The summed E-state index contributed by atoms with van der Waals surface area (Å²) in [7, 11) is 0. The maximum atomic E-state index is 4.46. The van der Waals surface area contributed by atoms with E-state index in [9.17, 15) is 0 Å². The van der Waals surface area contributed by atoms with Crippen molar-refractivity contribution in [2.45, 2.75) is 26.3 Å². The molecule has 86 valence electrons. The van der Waals surface area contributed by atoms with Crippen molar-refractivity contribution in [3.05, 3.63) is 24.3 Å². The molecule has 0 saturated heterocycles. The first-order chi connectivity index (χ1) is 8.02. The van der Waals surface area contributed by atoms with Gasteiger partial charge in [-0.2, -0.15) is 4.80 Å². The second-order valence-corrected chi connectivity index (χ2v) is 7.58. The highest BCUT2D eigenvalue weighted by Gasteiger charge is 2.18. The Morgan fingerprint density at radius 3 is 2.53 bits per heavy atom. The highest BCUT2D eigenvalue weighted by molar-refractivity contribution is 9.23. The first-order valence-corrected chi connectivity index (χ1v) is 10.1. The molecule has 0 aliphatic heterocycles. The Hall–Kier alpha value is -0.464. The molecule has 0 amide bonds. The number of halogens is 1. The molecule has 0 radical (unpaired) electrons. The number of rotatable bonds is 2. The van der Waals surface area contributed by atoms with Gasteiger partial charge in [0.15, 0.2) is 0 Å². The lowest BCUT2D eigenvalue weighted by Crippen LogP contribution is -2.24. The van der Waals surface area contributed by atoms with E-state index in [1.807, 2.05) is 18.2 Å². The number of hydrogen-bond acceptors (Lipinski definition) is 3. The molecule has 1 aromatic heterocycles. The van der Waals surface area contributed by atoms with Crippen LogP contribution in [0.1, 0.15) is 20.8 Å². The minimum absolute atomic E-state index is 0.133. The van der Waals surface area contributed by atoms with Crippen molar-refractivity contribution in [2.75, 3.05) is 0 Å². The molecule has 0 spiro atoms. The summed E-state index contributed by atoms with van der Waals surface area (Å²) < 4.78 is 1.31. The maximum absolute atomic E-state index is 4.46. The van der Waals surface area contributed by atoms with Crippen LogP contribution in [0.3, 0.4) is 0 Å². The van der Waals surface area contributed by atoms with Crippen LogP contribution in [-0.4, -0.2) is 38.4 Å². The van der Waals surface area contributed by atoms with Crippen LogP contribution in [0.2, 0.25) is 0 Å². The topological polar surface area (TPSA) is 43.6 Å². The molecule has 0 atom stereocenters. The quantitative estimate of drug-likeness (QED) is 0.794. The Kier molecular flexibility index (Phi) is 3.84. The first-order valence-electron chi connectivity index (χ1n) is 5.47. The summed E-state index contributed by atoms with van der Waals surface area (Å²) >= 11 is 3.20. The molecule has 0 aliphatic carbocycles. The lowest BCUT2D eigenvalue weighted by molar-refractivity contribution is 0.306. The Labute approximate surface area is 116 Å². The monoisotopic (exact) mass is 304 g/mol. The Balaban J connectivity index is 2.44. The van der Waals surface area contributed by atoms with Crippen molar-refractivity contribution in [3.63, 3.8) is 0 Å². The highest BCUT2D eigenvalue weighted by Crippen LogP contribution is 2.15. The van der Waals surface area contributed by atoms with Crippen LogP contribution in [0, 0.1) is 0 Å². The summed E-state index contributed by atoms with van der Waals surface area (Å²) in [6.45, 7) is 6.18. The molecule has 0 unspecified atom stereocenters. The zero-order valence-electron chi connectivity index (χ0n) is 10.2. The van der Waals surface area contributed by atoms with Crippen LogP contribution in [0.15, 0.2) is 24.3 Å². The lowest BCUT2D eigenvalue weighted by atomic mass is 10.1. The van der Waals surface area contributed by atoms with E-state index in [-0.39, 0.29) is 5.54 Å². The van der Waals surface area contributed by atoms with E-state index in [2.05, 4.69) is 55.1 Å². The lowest BCUT2D eigenvalue weighted by Gasteiger charge is -2.15. The second-order valence-electron chi connectivity index (χ2n) is 4.86. The summed E-state index contributed by atoms with van der Waals surface area (Å²) in [6, 6.07) is 8.22. The Morgan fingerprint density at radius 1 is 1.24 bits per heavy atom. The fourth-order valence-electron chi connectivity index (χ4n) is 1.46. The molecule has 1 heterocycles. The van der Waals surface area contributed by atoms with Crippen molar-refractivity contribution < 1.29 is 0 Å². The van der Waals surface area contributed by atoms with Gasteiger partial charge in [-0.15, -0.1) is 13.9 Å². The molecule has 0 saturated carbocycles. The summed E-state index contributed by atoms with van der Waals surface area (Å²) in [5, 5.41) is 12.7. The molecule has 0 fully saturated rings. The number of tetrazole rings is 1. The second kappa shape index (κ2) is 5.03. The average molecular weight is 305 g/mol. The van der Waals surface area contributed by atoms with Gasteiger partial charge in [-0.25, -0.2) is 0 Å². The summed E-state index contributed by atoms with van der Waals surface area (Å²) in [5.41, 5.74) is 0.956. The minimum atomic E-state index is -0.411. The van der Waals surface area contributed by atoms with Crippen molar-refractivity contribution in [2.24, 2.45) is 0 Å². The number of aromatic nitrogens is 4. The molecule has 4 nitrogen and oxygen atoms in total. The third-order valence-corrected chi connectivity index (χ3v) is 5.13. The predicted molar refractivity (Wildman–Crippen MR) is 72.6 cm³/mol. The molecule has 17 heavy (non-hydrogen) atoms. The van der Waals surface area contributed by atoms with Gasteiger partial charge in [0.1, 0.15) is 0 Å². The zero-order valence-corrected chi connectivity index (χ0v) is 13.2. The molecule has 0 N–H and O–H groups in total. The van der Waals surface area contributed by atoms with Gasteiger partial charge in [-0.3, -0.25) is 12.9 Å². The molecular formula is C11H13BrMgN4. The van der Waals surface area contributed by atoms with Crippen LogP contribution in [0.4, 0.5) is 0 Å². The SMILES string of the molecule is CC(C)(C)n1nnc(-c2cccc[c]2[Mg][Br])n1. The van der Waals surface area contributed by atoms with Gasteiger partial charge in [0.05, 0.1) is 5.54 Å². The first kappa shape index (κ1) is 13.0. The zero-order chi connectivity index (χ0) is 12.5. The maximum Gasteiger partial charge on any atom is 0.507 e. The molecular weight excluding hydrogens is 292 g/mol. The van der Waals surface area contributed by atoms with E-state index in [4.69, 9.17) is 0 Å². The largest absolute Gasteiger partial charge is 0.507 e. The van der Waals surface area contributed by atoms with Gasteiger partial charge in [0.2, 0.25) is 5.82 Å². The van der Waals surface area contributed by atoms with Gasteiger partial charge >= 0.3 is 18.2 Å². The van der Waals surface area contributed by atoms with E-state index in [0.717, 1.165) is 5.56 Å². The van der Waals surface area contributed by atoms with Crippen LogP contribution >= 0.6 is 12.9 Å². The smallest absolute Gasteiger partial charge is 0.296 e. The Bertz CT molecular complexity index is 518. The normalized spacial score (nSPS) is 11.3. The highest BCUT2D eigenvalue weighted by atomic mass is 79.9. The predicted octanol–water partition coefficient (Wildman–Crippen LogP) is 1.73. The van der Waals surface area contributed by atoms with E-state index in [1.54, 1.807) is 4.80 Å². The van der Waals surface area contributed by atoms with Gasteiger partial charge in [0, 0.05) is 0 Å². The fourth-order valence-corrected chi connectivity index (χ4v) is 3.57. The van der Waals surface area contributed by atoms with E-state index in [1.165, 1.54) is 3.69 Å². The minimum Gasteiger partial charge on any atom is -0.296 e. The van der Waals surface area contributed by atoms with Crippen LogP contribution < -0.4 is 3.69 Å². The summed E-state index contributed by atoms with van der Waals surface area (Å²) in [4.78, 5) is 1.66. The molecule has 2 aromatic rings. The van der Waals surface area contributed by atoms with Crippen molar-refractivity contribution in [3.8, 4) is 11.4 Å². The standard InChI is InChI=1S/C11H13N4.BrH.Mg/c1-11(2,3)15-13-10(12-14-15)9-7-5-4-6-8-9;;/h4-7H,1-3H3;1H;/q;;+1/p-1. The molecule has 6 heteroatoms. The third-order valence-electron chi connectivity index (χ3n) is 2.42. The third kappa shape index (κ3) is 2.86.